The predicted molar refractivity (Wildman–Crippen MR) is 203 cm³/mol. The molecule has 8 fully saturated rings. The van der Waals surface area contributed by atoms with Crippen LogP contribution in [0.4, 0.5) is 13.2 Å². The minimum absolute atomic E-state index is 0.0202. The summed E-state index contributed by atoms with van der Waals surface area (Å²) in [6.45, 7) is 0. The third kappa shape index (κ3) is 8.68. The monoisotopic (exact) mass is 730 g/mol. The Bertz CT molecular complexity index is 1100. The summed E-state index contributed by atoms with van der Waals surface area (Å²) in [6, 6.07) is 2.53. The summed E-state index contributed by atoms with van der Waals surface area (Å²) in [7, 11) is 0. The van der Waals surface area contributed by atoms with Crippen molar-refractivity contribution in [1.29, 1.82) is 0 Å². The second-order valence-electron chi connectivity index (χ2n) is 20.1. The number of ketones is 1. The Morgan fingerprint density at radius 3 is 1.48 bits per heavy atom. The number of carbonyl (C=O) groups is 1. The molecule has 7 saturated carbocycles. The molecule has 52 heavy (non-hydrogen) atoms. The van der Waals surface area contributed by atoms with Crippen molar-refractivity contribution in [3.05, 3.63) is 0 Å². The van der Waals surface area contributed by atoms with Gasteiger partial charge in [-0.3, -0.25) is 9.69 Å². The van der Waals surface area contributed by atoms with Gasteiger partial charge in [-0.2, -0.15) is 13.2 Å². The second kappa shape index (κ2) is 17.3. The predicted octanol–water partition coefficient (Wildman–Crippen LogP) is 12.6. The van der Waals surface area contributed by atoms with Crippen LogP contribution in [0.15, 0.2) is 0 Å². The molecule has 5 unspecified atom stereocenters. The van der Waals surface area contributed by atoms with E-state index in [0.29, 0.717) is 42.8 Å². The Balaban J connectivity index is 0.884. The van der Waals surface area contributed by atoms with Crippen LogP contribution in [0.2, 0.25) is 0 Å². The van der Waals surface area contributed by atoms with Gasteiger partial charge in [0.1, 0.15) is 5.78 Å². The number of Topliss-reactive ketones (excluding diaryl/α,β-unsaturated/α-hetero) is 1. The molecule has 0 bridgehead atoms. The lowest BCUT2D eigenvalue weighted by atomic mass is 9.58. The molecule has 0 aromatic heterocycles. The summed E-state index contributed by atoms with van der Waals surface area (Å²) < 4.78 is 48.1. The highest BCUT2D eigenvalue weighted by Crippen LogP contribution is 2.54. The van der Waals surface area contributed by atoms with Crippen LogP contribution in [0.25, 0.3) is 0 Å². The zero-order chi connectivity index (χ0) is 35.7. The molecule has 8 rings (SSSR count). The van der Waals surface area contributed by atoms with E-state index in [1.165, 1.54) is 148 Å². The van der Waals surface area contributed by atoms with Crippen LogP contribution in [0.3, 0.4) is 0 Å². The zero-order valence-corrected chi connectivity index (χ0v) is 32.7. The third-order valence-corrected chi connectivity index (χ3v) is 17.4. The first-order valence-electron chi connectivity index (χ1n) is 23.3. The summed E-state index contributed by atoms with van der Waals surface area (Å²) in [5, 5.41) is 0. The molecule has 0 radical (unpaired) electrons. The Hall–Kier alpha value is -0.620. The molecule has 296 valence electrons. The number of fused-ring (bicyclic) bond motifs is 1. The number of alkyl halides is 3. The van der Waals surface area contributed by atoms with Crippen molar-refractivity contribution in [2.75, 3.05) is 0 Å². The molecule has 1 saturated heterocycles. The van der Waals surface area contributed by atoms with E-state index in [2.05, 4.69) is 4.90 Å². The Kier molecular flexibility index (Phi) is 12.7. The fourth-order valence-electron chi connectivity index (χ4n) is 14.6. The Labute approximate surface area is 315 Å². The van der Waals surface area contributed by atoms with E-state index in [4.69, 9.17) is 4.74 Å². The normalized spacial score (nSPS) is 42.6. The lowest BCUT2D eigenvalue weighted by Crippen LogP contribution is -2.54. The molecular formula is C46H74F3NO2. The summed E-state index contributed by atoms with van der Waals surface area (Å²) >= 11 is 0. The number of hydrogen-bond acceptors (Lipinski definition) is 3. The standard InChI is InChI=1S/C46H74F3NO2/c47-46(48,49)37-24-20-34(21-25-37)41-28-36(29-42-43(51)30-44(52-45(41)42)35-10-4-1-5-11-35)33-18-16-31(17-19-33)32-22-26-40(27-23-32)50(38-12-6-2-7-13-38)39-14-8-3-9-15-39/h31-42,44-45H,1-30H2. The molecule has 5 atom stereocenters. The summed E-state index contributed by atoms with van der Waals surface area (Å²) in [5.74, 6) is 3.30. The first-order chi connectivity index (χ1) is 25.3. The molecule has 0 spiro atoms. The molecule has 0 aromatic rings. The number of halogens is 3. The largest absolute Gasteiger partial charge is 0.391 e. The summed E-state index contributed by atoms with van der Waals surface area (Å²) in [6.07, 6.45) is 32.0. The zero-order valence-electron chi connectivity index (χ0n) is 32.7. The van der Waals surface area contributed by atoms with Crippen molar-refractivity contribution in [3.8, 4) is 0 Å². The fraction of sp³-hybridized carbons (Fsp3) is 0.978. The van der Waals surface area contributed by atoms with E-state index < -0.39 is 12.1 Å². The molecule has 3 nitrogen and oxygen atoms in total. The number of ether oxygens (including phenoxy) is 1. The van der Waals surface area contributed by atoms with Crippen LogP contribution in [-0.4, -0.2) is 47.2 Å². The maximum atomic E-state index is 14.0. The fourth-order valence-corrected chi connectivity index (χ4v) is 14.6. The highest BCUT2D eigenvalue weighted by molar-refractivity contribution is 5.83. The molecular weight excluding hydrogens is 656 g/mol. The van der Waals surface area contributed by atoms with Crippen LogP contribution >= 0.6 is 0 Å². The molecule has 0 aromatic carbocycles. The van der Waals surface area contributed by atoms with E-state index in [9.17, 15) is 18.0 Å². The van der Waals surface area contributed by atoms with E-state index in [1.807, 2.05) is 0 Å². The quantitative estimate of drug-likeness (QED) is 0.261. The minimum Gasteiger partial charge on any atom is -0.373 e. The first kappa shape index (κ1) is 38.3. The van der Waals surface area contributed by atoms with Gasteiger partial charge in [0, 0.05) is 30.5 Å². The molecule has 8 aliphatic rings. The molecule has 0 N–H and O–H groups in total. The number of carbonyl (C=O) groups excluding carboxylic acids is 1. The van der Waals surface area contributed by atoms with Gasteiger partial charge in [0.05, 0.1) is 18.1 Å². The van der Waals surface area contributed by atoms with Crippen molar-refractivity contribution in [2.24, 2.45) is 53.3 Å². The first-order valence-corrected chi connectivity index (χ1v) is 23.3. The Morgan fingerprint density at radius 2 is 0.942 bits per heavy atom. The summed E-state index contributed by atoms with van der Waals surface area (Å²) in [4.78, 5) is 17.2. The molecule has 7 aliphatic carbocycles. The van der Waals surface area contributed by atoms with Crippen LogP contribution in [0.5, 0.6) is 0 Å². The van der Waals surface area contributed by atoms with Gasteiger partial charge in [-0.15, -0.1) is 0 Å². The highest BCUT2D eigenvalue weighted by atomic mass is 19.4. The minimum atomic E-state index is -4.08. The van der Waals surface area contributed by atoms with Gasteiger partial charge in [0.2, 0.25) is 0 Å². The lowest BCUT2D eigenvalue weighted by Gasteiger charge is -2.52. The van der Waals surface area contributed by atoms with Crippen LogP contribution < -0.4 is 0 Å². The van der Waals surface area contributed by atoms with E-state index >= 15 is 0 Å². The van der Waals surface area contributed by atoms with Gasteiger partial charge in [-0.25, -0.2) is 0 Å². The molecule has 1 aliphatic heterocycles. The maximum absolute atomic E-state index is 14.0. The SMILES string of the molecule is O=C1CC(C2CCCCC2)OC2C1CC(C1CCC(C3CCC(N(C4CCCCC4)C4CCCCC4)CC3)CC1)CC2C1CCC(C(F)(F)F)CC1. The molecule has 0 amide bonds. The van der Waals surface area contributed by atoms with Gasteiger partial charge in [-0.1, -0.05) is 57.8 Å². The highest BCUT2D eigenvalue weighted by Gasteiger charge is 2.53. The molecule has 1 heterocycles. The third-order valence-electron chi connectivity index (χ3n) is 17.4. The van der Waals surface area contributed by atoms with E-state index in [0.717, 1.165) is 42.8 Å². The van der Waals surface area contributed by atoms with Gasteiger partial charge >= 0.3 is 6.18 Å². The van der Waals surface area contributed by atoms with Gasteiger partial charge in [0.15, 0.2) is 0 Å². The van der Waals surface area contributed by atoms with Crippen molar-refractivity contribution >= 4 is 5.78 Å². The van der Waals surface area contributed by atoms with Crippen LogP contribution in [0, 0.1) is 53.3 Å². The van der Waals surface area contributed by atoms with Crippen molar-refractivity contribution in [1.82, 2.24) is 4.90 Å². The number of hydrogen-bond donors (Lipinski definition) is 0. The van der Waals surface area contributed by atoms with E-state index in [-0.39, 0.29) is 42.8 Å². The van der Waals surface area contributed by atoms with Gasteiger partial charge in [0.25, 0.3) is 0 Å². The Morgan fingerprint density at radius 1 is 0.481 bits per heavy atom. The average molecular weight is 730 g/mol. The second-order valence-corrected chi connectivity index (χ2v) is 20.1. The van der Waals surface area contributed by atoms with Crippen LogP contribution in [-0.2, 0) is 9.53 Å². The van der Waals surface area contributed by atoms with Crippen LogP contribution in [0.1, 0.15) is 193 Å². The van der Waals surface area contributed by atoms with Crippen molar-refractivity contribution in [3.63, 3.8) is 0 Å². The molecule has 6 heteroatoms. The number of rotatable bonds is 7. The summed E-state index contributed by atoms with van der Waals surface area (Å²) in [5.41, 5.74) is 0. The van der Waals surface area contributed by atoms with Gasteiger partial charge < -0.3 is 4.74 Å². The topological polar surface area (TPSA) is 29.5 Å². The smallest absolute Gasteiger partial charge is 0.373 e. The average Bonchev–Trinajstić information content (AvgIpc) is 3.19. The van der Waals surface area contributed by atoms with E-state index in [1.54, 1.807) is 0 Å². The maximum Gasteiger partial charge on any atom is 0.391 e. The van der Waals surface area contributed by atoms with Crippen molar-refractivity contribution in [2.45, 2.75) is 229 Å². The number of nitrogens with zero attached hydrogens (tertiary/aromatic N) is 1. The van der Waals surface area contributed by atoms with Crippen molar-refractivity contribution < 1.29 is 22.7 Å². The lowest BCUT2D eigenvalue weighted by molar-refractivity contribution is -0.194. The van der Waals surface area contributed by atoms with Gasteiger partial charge in [-0.05, 0) is 170 Å².